The third-order valence-electron chi connectivity index (χ3n) is 4.65. The molecule has 0 saturated heterocycles. The van der Waals surface area contributed by atoms with Gasteiger partial charge in [0.1, 0.15) is 11.8 Å². The average molecular weight is 396 g/mol. The van der Waals surface area contributed by atoms with E-state index in [1.807, 2.05) is 42.5 Å². The third-order valence-corrected chi connectivity index (χ3v) is 4.99. The summed E-state index contributed by atoms with van der Waals surface area (Å²) in [6, 6.07) is 14.2. The Kier molecular flexibility index (Phi) is 4.52. The molecule has 2 aromatic carbocycles. The molecule has 4 rings (SSSR count). The molecular weight excluding hydrogens is 378 g/mol. The van der Waals surface area contributed by atoms with Crippen LogP contribution in [0.15, 0.2) is 59.8 Å². The van der Waals surface area contributed by atoms with Gasteiger partial charge in [-0.15, -0.1) is 5.10 Å². The average Bonchev–Trinajstić information content (AvgIpc) is 3.11. The lowest BCUT2D eigenvalue weighted by atomic mass is 9.95. The van der Waals surface area contributed by atoms with Crippen LogP contribution in [0, 0.1) is 0 Å². The molecule has 1 aromatic heterocycles. The number of nitrogens with zero attached hydrogens (tertiary/aromatic N) is 3. The Morgan fingerprint density at radius 2 is 2.04 bits per heavy atom. The molecule has 3 aromatic rings. The third kappa shape index (κ3) is 2.99. The van der Waals surface area contributed by atoms with Crippen LogP contribution in [0.4, 0.5) is 5.95 Å². The highest BCUT2D eigenvalue weighted by molar-refractivity contribution is 6.31. The van der Waals surface area contributed by atoms with Gasteiger partial charge in [0, 0.05) is 21.8 Å². The van der Waals surface area contributed by atoms with Crippen LogP contribution in [0.5, 0.6) is 5.75 Å². The summed E-state index contributed by atoms with van der Waals surface area (Å²) in [7, 11) is 1.60. The summed E-state index contributed by atoms with van der Waals surface area (Å²) in [5, 5.41) is 8.29. The molecule has 0 unspecified atom stereocenters. The van der Waals surface area contributed by atoms with E-state index in [-0.39, 0.29) is 0 Å². The summed E-state index contributed by atoms with van der Waals surface area (Å²) >= 11 is 6.43. The molecule has 1 amide bonds. The molecule has 1 aliphatic rings. The number of hydrogen-bond donors (Lipinski definition) is 2. The molecule has 0 saturated carbocycles. The maximum Gasteiger partial charge on any atom is 0.248 e. The van der Waals surface area contributed by atoms with E-state index in [0.29, 0.717) is 33.8 Å². The monoisotopic (exact) mass is 395 g/mol. The van der Waals surface area contributed by atoms with Crippen molar-refractivity contribution in [2.45, 2.75) is 13.0 Å². The van der Waals surface area contributed by atoms with Crippen LogP contribution in [-0.2, 0) is 4.79 Å². The lowest BCUT2D eigenvalue weighted by Gasteiger charge is -2.28. The van der Waals surface area contributed by atoms with E-state index in [4.69, 9.17) is 22.1 Å². The number of carbonyl (C=O) groups is 1. The number of anilines is 1. The fraction of sp³-hybridized carbons (Fsp3) is 0.150. The molecule has 0 spiro atoms. The van der Waals surface area contributed by atoms with Gasteiger partial charge in [0.05, 0.1) is 12.7 Å². The van der Waals surface area contributed by atoms with Gasteiger partial charge < -0.3 is 15.8 Å². The molecule has 1 atom stereocenters. The Balaban J connectivity index is 1.89. The van der Waals surface area contributed by atoms with Gasteiger partial charge in [-0.1, -0.05) is 41.9 Å². The van der Waals surface area contributed by atoms with Crippen molar-refractivity contribution >= 4 is 23.5 Å². The van der Waals surface area contributed by atoms with Gasteiger partial charge >= 0.3 is 0 Å². The Morgan fingerprint density at radius 3 is 2.75 bits per heavy atom. The zero-order valence-electron chi connectivity index (χ0n) is 15.3. The number of methoxy groups -OCH3 is 1. The summed E-state index contributed by atoms with van der Waals surface area (Å²) < 4.78 is 6.93. The lowest BCUT2D eigenvalue weighted by molar-refractivity contribution is -0.115. The van der Waals surface area contributed by atoms with Gasteiger partial charge in [0.2, 0.25) is 11.9 Å². The van der Waals surface area contributed by atoms with Crippen molar-refractivity contribution in [2.75, 3.05) is 12.4 Å². The van der Waals surface area contributed by atoms with Crippen molar-refractivity contribution < 1.29 is 9.53 Å². The quantitative estimate of drug-likeness (QED) is 0.706. The molecule has 0 bridgehead atoms. The summed E-state index contributed by atoms with van der Waals surface area (Å²) in [5.41, 5.74) is 8.22. The number of benzene rings is 2. The molecule has 7 nitrogen and oxygen atoms in total. The summed E-state index contributed by atoms with van der Waals surface area (Å²) in [4.78, 5) is 16.8. The van der Waals surface area contributed by atoms with Crippen molar-refractivity contribution in [3.05, 3.63) is 70.4 Å². The van der Waals surface area contributed by atoms with E-state index < -0.39 is 11.9 Å². The Labute approximate surface area is 166 Å². The van der Waals surface area contributed by atoms with Gasteiger partial charge in [-0.2, -0.15) is 4.98 Å². The first kappa shape index (κ1) is 18.1. The summed E-state index contributed by atoms with van der Waals surface area (Å²) in [6.07, 6.45) is 0. The van der Waals surface area contributed by atoms with Crippen LogP contribution >= 0.6 is 11.6 Å². The fourth-order valence-electron chi connectivity index (χ4n) is 3.34. The van der Waals surface area contributed by atoms with Crippen LogP contribution in [0.1, 0.15) is 18.5 Å². The summed E-state index contributed by atoms with van der Waals surface area (Å²) in [5.74, 6) is 1.16. The predicted octanol–water partition coefficient (Wildman–Crippen LogP) is 3.38. The van der Waals surface area contributed by atoms with Crippen LogP contribution < -0.4 is 15.8 Å². The number of rotatable bonds is 4. The minimum atomic E-state index is -0.575. The number of carbonyl (C=O) groups excluding carboxylic acids is 1. The second-order valence-electron chi connectivity index (χ2n) is 6.39. The number of nitrogens with one attached hydrogen (secondary N) is 1. The predicted molar refractivity (Wildman–Crippen MR) is 107 cm³/mol. The second kappa shape index (κ2) is 7.01. The van der Waals surface area contributed by atoms with Gasteiger partial charge in [-0.25, -0.2) is 4.68 Å². The first-order valence-corrected chi connectivity index (χ1v) is 9.00. The lowest BCUT2D eigenvalue weighted by Crippen LogP contribution is -2.32. The Morgan fingerprint density at radius 1 is 1.25 bits per heavy atom. The Hall–Kier alpha value is -3.32. The number of fused-ring (bicyclic) bond motifs is 1. The molecule has 8 heteroatoms. The van der Waals surface area contributed by atoms with Crippen molar-refractivity contribution in [3.8, 4) is 17.1 Å². The fourth-order valence-corrected chi connectivity index (χ4v) is 3.58. The van der Waals surface area contributed by atoms with Crippen molar-refractivity contribution in [1.82, 2.24) is 14.8 Å². The van der Waals surface area contributed by atoms with Crippen LogP contribution in [0.25, 0.3) is 11.4 Å². The van der Waals surface area contributed by atoms with Gasteiger partial charge in [0.25, 0.3) is 0 Å². The highest BCUT2D eigenvalue weighted by Gasteiger charge is 2.34. The number of amides is 1. The van der Waals surface area contributed by atoms with Gasteiger partial charge in [-0.05, 0) is 25.1 Å². The molecule has 2 heterocycles. The summed E-state index contributed by atoms with van der Waals surface area (Å²) in [6.45, 7) is 1.79. The molecule has 142 valence electrons. The molecule has 0 radical (unpaired) electrons. The highest BCUT2D eigenvalue weighted by atomic mass is 35.5. The number of hydrogen-bond acceptors (Lipinski definition) is 5. The molecule has 1 aliphatic heterocycles. The highest BCUT2D eigenvalue weighted by Crippen LogP contribution is 2.38. The molecule has 3 N–H and O–H groups in total. The second-order valence-corrected chi connectivity index (χ2v) is 6.79. The van der Waals surface area contributed by atoms with Crippen molar-refractivity contribution in [3.63, 3.8) is 0 Å². The standard InChI is InChI=1S/C20H18ClN5O2/c1-11-16(18(22)27)17(14-8-3-4-9-15(14)21)26-20(23-11)24-19(25-26)12-6-5-7-13(10-12)28-2/h3-10,17H,1-2H3,(H2,22,27)(H,23,24,25)/t17-/m1/s1. The van der Waals surface area contributed by atoms with Gasteiger partial charge in [-0.3, -0.25) is 4.79 Å². The molecular formula is C20H18ClN5O2. The SMILES string of the molecule is COc1cccc(-c2nc3n(n2)[C@H](c2ccccc2Cl)C(C(N)=O)=C(C)N3)c1. The molecule has 28 heavy (non-hydrogen) atoms. The zero-order chi connectivity index (χ0) is 19.8. The van der Waals surface area contributed by atoms with E-state index in [1.54, 1.807) is 24.8 Å². The smallest absolute Gasteiger partial charge is 0.248 e. The number of ether oxygens (including phenoxy) is 1. The number of halogens is 1. The number of allylic oxidation sites excluding steroid dienone is 1. The molecule has 0 fully saturated rings. The normalized spacial score (nSPS) is 15.8. The molecule has 0 aliphatic carbocycles. The van der Waals surface area contributed by atoms with E-state index in [1.165, 1.54) is 0 Å². The zero-order valence-corrected chi connectivity index (χ0v) is 16.1. The van der Waals surface area contributed by atoms with E-state index in [0.717, 1.165) is 11.1 Å². The maximum absolute atomic E-state index is 12.2. The van der Waals surface area contributed by atoms with E-state index in [9.17, 15) is 4.79 Å². The first-order chi connectivity index (χ1) is 13.5. The number of nitrogens with two attached hydrogens (primary N) is 1. The largest absolute Gasteiger partial charge is 0.497 e. The van der Waals surface area contributed by atoms with E-state index >= 15 is 0 Å². The minimum absolute atomic E-state index is 0.391. The first-order valence-electron chi connectivity index (χ1n) is 8.62. The van der Waals surface area contributed by atoms with Crippen molar-refractivity contribution in [1.29, 1.82) is 0 Å². The Bertz CT molecular complexity index is 1110. The van der Waals surface area contributed by atoms with Crippen LogP contribution in [-0.4, -0.2) is 27.8 Å². The number of primary amides is 1. The minimum Gasteiger partial charge on any atom is -0.497 e. The van der Waals surface area contributed by atoms with E-state index in [2.05, 4.69) is 15.4 Å². The maximum atomic E-state index is 12.2. The van der Waals surface area contributed by atoms with Crippen molar-refractivity contribution in [2.24, 2.45) is 5.73 Å². The topological polar surface area (TPSA) is 95.1 Å². The van der Waals surface area contributed by atoms with Crippen LogP contribution in [0.3, 0.4) is 0 Å². The van der Waals surface area contributed by atoms with Gasteiger partial charge in [0.15, 0.2) is 5.82 Å². The van der Waals surface area contributed by atoms with Crippen LogP contribution in [0.2, 0.25) is 5.02 Å². The number of aromatic nitrogens is 3.